The van der Waals surface area contributed by atoms with Gasteiger partial charge >= 0.3 is 6.03 Å². The number of carbonyl (C=O) groups excluding carboxylic acids is 1. The molecule has 2 unspecified atom stereocenters. The molecule has 2 aliphatic rings. The summed E-state index contributed by atoms with van der Waals surface area (Å²) < 4.78 is 26.4. The number of anilines is 1. The van der Waals surface area contributed by atoms with Crippen LogP contribution in [0, 0.1) is 5.92 Å². The molecule has 25 heavy (non-hydrogen) atoms. The van der Waals surface area contributed by atoms with Crippen LogP contribution < -0.4 is 10.6 Å². The fourth-order valence-corrected chi connectivity index (χ4v) is 4.79. The van der Waals surface area contributed by atoms with Gasteiger partial charge in [-0.25, -0.2) is 13.2 Å². The lowest BCUT2D eigenvalue weighted by molar-refractivity contribution is 0.232. The van der Waals surface area contributed by atoms with Crippen molar-refractivity contribution in [2.45, 2.75) is 62.4 Å². The van der Waals surface area contributed by atoms with Crippen LogP contribution in [0.3, 0.4) is 0 Å². The zero-order chi connectivity index (χ0) is 18.0. The normalized spacial score (nSPS) is 24.1. The quantitative estimate of drug-likeness (QED) is 0.841. The number of nitrogens with one attached hydrogen (secondary N) is 2. The summed E-state index contributed by atoms with van der Waals surface area (Å²) in [5.74, 6) is 0.491. The minimum atomic E-state index is -3.45. The van der Waals surface area contributed by atoms with Crippen LogP contribution in [-0.4, -0.2) is 37.9 Å². The first-order valence-corrected chi connectivity index (χ1v) is 10.5. The van der Waals surface area contributed by atoms with Gasteiger partial charge < -0.3 is 10.6 Å². The summed E-state index contributed by atoms with van der Waals surface area (Å²) in [6, 6.07) is 6.48. The van der Waals surface area contributed by atoms with Crippen LogP contribution in [0.25, 0.3) is 0 Å². The van der Waals surface area contributed by atoms with Crippen molar-refractivity contribution in [3.05, 3.63) is 24.3 Å². The van der Waals surface area contributed by atoms with E-state index in [1.54, 1.807) is 31.3 Å². The number of amides is 2. The molecular weight excluding hydrogens is 338 g/mol. The van der Waals surface area contributed by atoms with Crippen LogP contribution in [0.4, 0.5) is 10.5 Å². The number of urea groups is 1. The number of carbonyl (C=O) groups is 1. The average molecular weight is 365 g/mol. The number of nitrogens with zero attached hydrogens (tertiary/aromatic N) is 1. The van der Waals surface area contributed by atoms with E-state index in [4.69, 9.17) is 0 Å². The van der Waals surface area contributed by atoms with Crippen molar-refractivity contribution >= 4 is 21.7 Å². The number of hydrogen-bond acceptors (Lipinski definition) is 3. The molecule has 0 aliphatic heterocycles. The van der Waals surface area contributed by atoms with Gasteiger partial charge in [-0.1, -0.05) is 19.8 Å². The monoisotopic (exact) mass is 365 g/mol. The molecule has 2 amide bonds. The molecule has 3 rings (SSSR count). The molecule has 0 spiro atoms. The molecule has 1 aromatic carbocycles. The minimum absolute atomic E-state index is 0.131. The molecule has 6 nitrogen and oxygen atoms in total. The Morgan fingerprint density at radius 1 is 1.08 bits per heavy atom. The first-order valence-electron chi connectivity index (χ1n) is 9.03. The van der Waals surface area contributed by atoms with Crippen molar-refractivity contribution in [1.29, 1.82) is 0 Å². The summed E-state index contributed by atoms with van der Waals surface area (Å²) in [5.41, 5.74) is 0.592. The Balaban J connectivity index is 1.59. The molecular formula is C18H27N3O3S. The lowest BCUT2D eigenvalue weighted by Gasteiger charge is -2.29. The van der Waals surface area contributed by atoms with E-state index >= 15 is 0 Å². The van der Waals surface area contributed by atoms with Crippen molar-refractivity contribution in [3.63, 3.8) is 0 Å². The van der Waals surface area contributed by atoms with Gasteiger partial charge in [0.15, 0.2) is 0 Å². The predicted molar refractivity (Wildman–Crippen MR) is 98.0 cm³/mol. The summed E-state index contributed by atoms with van der Waals surface area (Å²) in [7, 11) is -1.82. The Bertz CT molecular complexity index is 714. The zero-order valence-electron chi connectivity index (χ0n) is 14.9. The summed E-state index contributed by atoms with van der Waals surface area (Å²) in [4.78, 5) is 12.4. The van der Waals surface area contributed by atoms with Crippen LogP contribution in [0.2, 0.25) is 0 Å². The standard InChI is InChI=1S/C18H27N3O3S/c1-13-5-3-4-6-17(13)20-18(22)19-14-7-11-16(12-8-14)25(23,24)21(2)15-9-10-15/h7-8,11-13,15,17H,3-6,9-10H2,1-2H3,(H2,19,20,22). The van der Waals surface area contributed by atoms with Crippen molar-refractivity contribution in [3.8, 4) is 0 Å². The molecule has 2 aliphatic carbocycles. The Hall–Kier alpha value is -1.60. The van der Waals surface area contributed by atoms with Gasteiger partial charge in [0.25, 0.3) is 0 Å². The number of rotatable bonds is 5. The second kappa shape index (κ2) is 7.33. The highest BCUT2D eigenvalue weighted by Crippen LogP contribution is 2.30. The van der Waals surface area contributed by atoms with Crippen molar-refractivity contribution in [2.75, 3.05) is 12.4 Å². The fraction of sp³-hybridized carbons (Fsp3) is 0.611. The molecule has 0 radical (unpaired) electrons. The third kappa shape index (κ3) is 4.33. The summed E-state index contributed by atoms with van der Waals surface area (Å²) in [6.45, 7) is 2.17. The fourth-order valence-electron chi connectivity index (χ4n) is 3.38. The highest BCUT2D eigenvalue weighted by molar-refractivity contribution is 7.89. The van der Waals surface area contributed by atoms with Gasteiger partial charge in [0.2, 0.25) is 10.0 Å². The summed E-state index contributed by atoms with van der Waals surface area (Å²) >= 11 is 0. The summed E-state index contributed by atoms with van der Waals surface area (Å²) in [5, 5.41) is 5.82. The first kappa shape index (κ1) is 18.2. The molecule has 7 heteroatoms. The lowest BCUT2D eigenvalue weighted by Crippen LogP contribution is -2.43. The van der Waals surface area contributed by atoms with Crippen LogP contribution in [0.1, 0.15) is 45.4 Å². The Labute approximate surface area is 150 Å². The van der Waals surface area contributed by atoms with E-state index in [-0.39, 0.29) is 23.0 Å². The van der Waals surface area contributed by atoms with E-state index in [0.29, 0.717) is 11.6 Å². The van der Waals surface area contributed by atoms with Crippen molar-refractivity contribution in [2.24, 2.45) is 5.92 Å². The molecule has 2 saturated carbocycles. The van der Waals surface area contributed by atoms with E-state index < -0.39 is 10.0 Å². The average Bonchev–Trinajstić information content (AvgIpc) is 3.41. The Kier molecular flexibility index (Phi) is 5.34. The van der Waals surface area contributed by atoms with E-state index in [1.807, 2.05) is 0 Å². The predicted octanol–water partition coefficient (Wildman–Crippen LogP) is 3.17. The van der Waals surface area contributed by atoms with Gasteiger partial charge in [-0.3, -0.25) is 0 Å². The van der Waals surface area contributed by atoms with Gasteiger partial charge in [0, 0.05) is 24.8 Å². The van der Waals surface area contributed by atoms with Gasteiger partial charge in [-0.05, 0) is 55.9 Å². The highest BCUT2D eigenvalue weighted by atomic mass is 32.2. The molecule has 0 bridgehead atoms. The molecule has 2 fully saturated rings. The maximum Gasteiger partial charge on any atom is 0.319 e. The van der Waals surface area contributed by atoms with Gasteiger partial charge in [0.1, 0.15) is 0 Å². The van der Waals surface area contributed by atoms with Crippen LogP contribution in [0.5, 0.6) is 0 Å². The molecule has 1 aromatic rings. The molecule has 0 heterocycles. The summed E-state index contributed by atoms with van der Waals surface area (Å²) in [6.07, 6.45) is 6.39. The maximum absolute atomic E-state index is 12.5. The van der Waals surface area contributed by atoms with Gasteiger partial charge in [-0.15, -0.1) is 0 Å². The number of benzene rings is 1. The van der Waals surface area contributed by atoms with Gasteiger partial charge in [-0.2, -0.15) is 4.31 Å². The van der Waals surface area contributed by atoms with E-state index in [9.17, 15) is 13.2 Å². The molecule has 0 aromatic heterocycles. The smallest absolute Gasteiger partial charge is 0.319 e. The second-order valence-corrected chi connectivity index (χ2v) is 9.24. The van der Waals surface area contributed by atoms with E-state index in [0.717, 1.165) is 32.1 Å². The SMILES string of the molecule is CC1CCCCC1NC(=O)Nc1ccc(S(=O)(=O)N(C)C2CC2)cc1. The second-order valence-electron chi connectivity index (χ2n) is 7.24. The van der Waals surface area contributed by atoms with Crippen LogP contribution >= 0.6 is 0 Å². The van der Waals surface area contributed by atoms with Crippen LogP contribution in [0.15, 0.2) is 29.2 Å². The Morgan fingerprint density at radius 3 is 2.32 bits per heavy atom. The lowest BCUT2D eigenvalue weighted by atomic mass is 9.86. The van der Waals surface area contributed by atoms with Crippen LogP contribution in [-0.2, 0) is 10.0 Å². The topological polar surface area (TPSA) is 78.5 Å². The maximum atomic E-state index is 12.5. The van der Waals surface area contributed by atoms with E-state index in [1.165, 1.54) is 10.7 Å². The molecule has 138 valence electrons. The van der Waals surface area contributed by atoms with Crippen molar-refractivity contribution in [1.82, 2.24) is 9.62 Å². The zero-order valence-corrected chi connectivity index (χ0v) is 15.7. The largest absolute Gasteiger partial charge is 0.335 e. The first-order chi connectivity index (χ1) is 11.9. The number of sulfonamides is 1. The molecule has 0 saturated heterocycles. The van der Waals surface area contributed by atoms with Gasteiger partial charge in [0.05, 0.1) is 4.90 Å². The third-order valence-corrected chi connectivity index (χ3v) is 7.20. The minimum Gasteiger partial charge on any atom is -0.335 e. The molecule has 2 N–H and O–H groups in total. The Morgan fingerprint density at radius 2 is 1.72 bits per heavy atom. The molecule has 2 atom stereocenters. The highest BCUT2D eigenvalue weighted by Gasteiger charge is 2.34. The van der Waals surface area contributed by atoms with E-state index in [2.05, 4.69) is 17.6 Å². The van der Waals surface area contributed by atoms with Crippen molar-refractivity contribution < 1.29 is 13.2 Å². The number of hydrogen-bond donors (Lipinski definition) is 2. The third-order valence-electron chi connectivity index (χ3n) is 5.28.